The van der Waals surface area contributed by atoms with Gasteiger partial charge in [0, 0.05) is 38.9 Å². The topological polar surface area (TPSA) is 83.3 Å². The van der Waals surface area contributed by atoms with Crippen LogP contribution in [0.5, 0.6) is 0 Å². The minimum Gasteiger partial charge on any atom is -0.472 e. The van der Waals surface area contributed by atoms with Gasteiger partial charge >= 0.3 is 0 Å². The highest BCUT2D eigenvalue weighted by Gasteiger charge is 2.06. The van der Waals surface area contributed by atoms with Crippen LogP contribution >= 0.6 is 0 Å². The minimum absolute atomic E-state index is 0.162. The van der Waals surface area contributed by atoms with Crippen LogP contribution in [0.15, 0.2) is 29.1 Å². The number of furan rings is 1. The van der Waals surface area contributed by atoms with Crippen LogP contribution in [0, 0.1) is 6.92 Å². The van der Waals surface area contributed by atoms with E-state index >= 15 is 0 Å². The van der Waals surface area contributed by atoms with Crippen LogP contribution in [0.1, 0.15) is 16.1 Å². The molecule has 0 unspecified atom stereocenters. The molecule has 0 radical (unpaired) electrons. The lowest BCUT2D eigenvalue weighted by Gasteiger charge is -2.13. The molecule has 2 rings (SSSR count). The molecule has 0 aliphatic rings. The summed E-state index contributed by atoms with van der Waals surface area (Å²) >= 11 is 0. The number of amides is 1. The lowest BCUT2D eigenvalue weighted by atomic mass is 10.3. The summed E-state index contributed by atoms with van der Waals surface area (Å²) in [6, 6.07) is 3.53. The molecule has 0 atom stereocenters. The van der Waals surface area contributed by atoms with E-state index in [2.05, 4.69) is 20.6 Å². The highest BCUT2D eigenvalue weighted by atomic mass is 16.3. The predicted octanol–water partition coefficient (Wildman–Crippen LogP) is 1.29. The average molecular weight is 289 g/mol. The molecular formula is C14H19N5O2. The number of hydrogen-bond donors (Lipinski definition) is 2. The van der Waals surface area contributed by atoms with Crippen LogP contribution in [0.3, 0.4) is 0 Å². The second-order valence-corrected chi connectivity index (χ2v) is 4.78. The minimum atomic E-state index is -0.162. The van der Waals surface area contributed by atoms with Crippen molar-refractivity contribution in [3.05, 3.63) is 35.9 Å². The lowest BCUT2D eigenvalue weighted by molar-refractivity contribution is 0.0954. The van der Waals surface area contributed by atoms with Gasteiger partial charge in [0.1, 0.15) is 12.1 Å². The molecule has 7 nitrogen and oxygen atoms in total. The number of carbonyl (C=O) groups excluding carboxylic acids is 1. The molecule has 0 saturated carbocycles. The Morgan fingerprint density at radius 1 is 1.33 bits per heavy atom. The molecule has 0 spiro atoms. The number of aromatic nitrogens is 2. The maximum Gasteiger partial charge on any atom is 0.254 e. The predicted molar refractivity (Wildman–Crippen MR) is 80.6 cm³/mol. The first-order valence-electron chi connectivity index (χ1n) is 6.63. The second kappa shape index (κ2) is 6.74. The molecule has 0 aliphatic carbocycles. The summed E-state index contributed by atoms with van der Waals surface area (Å²) in [7, 11) is 3.85. The fraction of sp³-hybridized carbons (Fsp3) is 0.357. The van der Waals surface area contributed by atoms with Gasteiger partial charge in [0.2, 0.25) is 5.95 Å². The van der Waals surface area contributed by atoms with E-state index in [9.17, 15) is 4.79 Å². The molecule has 1 amide bonds. The quantitative estimate of drug-likeness (QED) is 0.780. The van der Waals surface area contributed by atoms with Crippen molar-refractivity contribution < 1.29 is 9.21 Å². The molecule has 2 heterocycles. The highest BCUT2D eigenvalue weighted by Crippen LogP contribution is 2.11. The third-order valence-corrected chi connectivity index (χ3v) is 2.78. The van der Waals surface area contributed by atoms with E-state index in [0.29, 0.717) is 24.6 Å². The van der Waals surface area contributed by atoms with E-state index in [-0.39, 0.29) is 5.91 Å². The Morgan fingerprint density at radius 3 is 2.81 bits per heavy atom. The summed E-state index contributed by atoms with van der Waals surface area (Å²) in [4.78, 5) is 22.3. The van der Waals surface area contributed by atoms with Crippen LogP contribution in [-0.4, -0.2) is 43.1 Å². The Hall–Kier alpha value is -2.57. The molecule has 0 aliphatic heterocycles. The number of nitrogens with one attached hydrogen (secondary N) is 2. The van der Waals surface area contributed by atoms with E-state index in [0.717, 1.165) is 11.5 Å². The van der Waals surface area contributed by atoms with Crippen LogP contribution in [-0.2, 0) is 0 Å². The number of nitrogens with zero attached hydrogens (tertiary/aromatic N) is 3. The number of aryl methyl sites for hydroxylation is 1. The van der Waals surface area contributed by atoms with Gasteiger partial charge in [-0.1, -0.05) is 0 Å². The molecule has 0 aromatic carbocycles. The van der Waals surface area contributed by atoms with Gasteiger partial charge in [-0.2, -0.15) is 4.98 Å². The van der Waals surface area contributed by atoms with Gasteiger partial charge in [-0.15, -0.1) is 0 Å². The average Bonchev–Trinajstić information content (AvgIpc) is 2.97. The second-order valence-electron chi connectivity index (χ2n) is 4.78. The SMILES string of the molecule is Cc1cc(N(C)C)nc(NCCNC(=O)c2ccoc2)n1. The molecule has 2 N–H and O–H groups in total. The maximum atomic E-state index is 11.7. The van der Waals surface area contributed by atoms with Gasteiger partial charge in [-0.3, -0.25) is 4.79 Å². The van der Waals surface area contributed by atoms with Gasteiger partial charge in [0.15, 0.2) is 0 Å². The van der Waals surface area contributed by atoms with Crippen LogP contribution < -0.4 is 15.5 Å². The van der Waals surface area contributed by atoms with E-state index < -0.39 is 0 Å². The van der Waals surface area contributed by atoms with Crippen molar-refractivity contribution in [2.75, 3.05) is 37.4 Å². The molecule has 2 aromatic heterocycles. The third-order valence-electron chi connectivity index (χ3n) is 2.78. The van der Waals surface area contributed by atoms with Crippen LogP contribution in [0.25, 0.3) is 0 Å². The Labute approximate surface area is 123 Å². The number of hydrogen-bond acceptors (Lipinski definition) is 6. The summed E-state index contributed by atoms with van der Waals surface area (Å²) in [5, 5.41) is 5.87. The zero-order valence-electron chi connectivity index (χ0n) is 12.4. The Kier molecular flexibility index (Phi) is 4.76. The van der Waals surface area contributed by atoms with E-state index in [1.54, 1.807) is 6.07 Å². The fourth-order valence-corrected chi connectivity index (χ4v) is 1.71. The fourth-order valence-electron chi connectivity index (χ4n) is 1.71. The zero-order chi connectivity index (χ0) is 15.2. The molecule has 7 heteroatoms. The Bertz CT molecular complexity index is 595. The standard InChI is InChI=1S/C14H19N5O2/c1-10-8-12(19(2)3)18-14(17-10)16-6-5-15-13(20)11-4-7-21-9-11/h4,7-9H,5-6H2,1-3H3,(H,15,20)(H,16,17,18). The summed E-state index contributed by atoms with van der Waals surface area (Å²) in [5.41, 5.74) is 1.40. The lowest BCUT2D eigenvalue weighted by Crippen LogP contribution is -2.28. The Morgan fingerprint density at radius 2 is 2.14 bits per heavy atom. The zero-order valence-corrected chi connectivity index (χ0v) is 12.4. The first kappa shape index (κ1) is 14.8. The summed E-state index contributed by atoms with van der Waals surface area (Å²) in [6.07, 6.45) is 2.88. The largest absolute Gasteiger partial charge is 0.472 e. The molecule has 112 valence electrons. The Balaban J connectivity index is 1.82. The van der Waals surface area contributed by atoms with E-state index in [1.165, 1.54) is 12.5 Å². The summed E-state index contributed by atoms with van der Waals surface area (Å²) in [6.45, 7) is 2.93. The smallest absolute Gasteiger partial charge is 0.254 e. The van der Waals surface area contributed by atoms with Crippen molar-refractivity contribution in [1.82, 2.24) is 15.3 Å². The molecular weight excluding hydrogens is 270 g/mol. The van der Waals surface area contributed by atoms with Gasteiger partial charge in [-0.25, -0.2) is 4.98 Å². The van der Waals surface area contributed by atoms with Crippen molar-refractivity contribution in [3.8, 4) is 0 Å². The summed E-state index contributed by atoms with van der Waals surface area (Å²) in [5.74, 6) is 1.23. The molecule has 0 fully saturated rings. The van der Waals surface area contributed by atoms with E-state index in [4.69, 9.17) is 4.42 Å². The number of anilines is 2. The van der Waals surface area contributed by atoms with Crippen molar-refractivity contribution in [2.45, 2.75) is 6.92 Å². The summed E-state index contributed by atoms with van der Waals surface area (Å²) < 4.78 is 4.86. The van der Waals surface area contributed by atoms with Gasteiger partial charge in [-0.05, 0) is 13.0 Å². The van der Waals surface area contributed by atoms with Crippen molar-refractivity contribution in [1.29, 1.82) is 0 Å². The van der Waals surface area contributed by atoms with Crippen molar-refractivity contribution in [3.63, 3.8) is 0 Å². The van der Waals surface area contributed by atoms with Gasteiger partial charge in [0.25, 0.3) is 5.91 Å². The van der Waals surface area contributed by atoms with Crippen molar-refractivity contribution >= 4 is 17.7 Å². The monoisotopic (exact) mass is 289 g/mol. The van der Waals surface area contributed by atoms with Crippen molar-refractivity contribution in [2.24, 2.45) is 0 Å². The van der Waals surface area contributed by atoms with Gasteiger partial charge in [0.05, 0.1) is 11.8 Å². The number of rotatable bonds is 6. The first-order chi connectivity index (χ1) is 10.1. The molecule has 0 bridgehead atoms. The van der Waals surface area contributed by atoms with Crippen LogP contribution in [0.2, 0.25) is 0 Å². The molecule has 2 aromatic rings. The normalized spacial score (nSPS) is 10.2. The number of carbonyl (C=O) groups is 1. The van der Waals surface area contributed by atoms with Crippen LogP contribution in [0.4, 0.5) is 11.8 Å². The third kappa shape index (κ3) is 4.20. The highest BCUT2D eigenvalue weighted by molar-refractivity contribution is 5.93. The van der Waals surface area contributed by atoms with Gasteiger partial charge < -0.3 is 20.0 Å². The molecule has 21 heavy (non-hydrogen) atoms. The first-order valence-corrected chi connectivity index (χ1v) is 6.63. The molecule has 0 saturated heterocycles. The maximum absolute atomic E-state index is 11.7. The van der Waals surface area contributed by atoms with E-state index in [1.807, 2.05) is 32.0 Å².